The number of carboxylic acid groups (broad SMARTS) is 6. The zero-order valence-corrected chi connectivity index (χ0v) is 30.8. The standard InChI is InChI=1S/3C7H5NO4.2C2H8N2.Cd.6H2O/c3*9-6(10)4-2-1-3-5(8-4)7(11)12;2*3-1-2-4;;;;;;;/h3*1-3H,(H,9,10)(H,11,12);2*1-4H2;;6*1H2/q;;;;;+2;;;;;;/p-2. The molecule has 0 radical (unpaired) electrons. The molecule has 3 rings (SSSR count). The Balaban J connectivity index is -0.0000000630. The van der Waals surface area contributed by atoms with Crippen LogP contribution < -0.4 is 53.6 Å². The molecule has 0 spiro atoms. The zero-order chi connectivity index (χ0) is 34.2. The van der Waals surface area contributed by atoms with Crippen molar-refractivity contribution in [3.8, 4) is 0 Å². The summed E-state index contributed by atoms with van der Waals surface area (Å²) >= 11 is 0. The van der Waals surface area contributed by atoms with Crippen LogP contribution in [0.5, 0.6) is 0 Å². The van der Waals surface area contributed by atoms with E-state index >= 15 is 0 Å². The molecular weight excluding hydrogens is 799 g/mol. The van der Waals surface area contributed by atoms with E-state index in [0.717, 1.165) is 62.6 Å². The van der Waals surface area contributed by atoms with Gasteiger partial charge in [0.25, 0.3) is 0 Å². The predicted octanol–water partition coefficient (Wildman–Crippen LogP) is -16.6. The van der Waals surface area contributed by atoms with E-state index in [1.165, 1.54) is 18.2 Å². The number of rotatable bonds is 8. The van der Waals surface area contributed by atoms with E-state index in [-0.39, 0.29) is 60.2 Å². The van der Waals surface area contributed by atoms with E-state index in [1.807, 2.05) is 0 Å². The maximum Gasteiger partial charge on any atom is 2.00 e. The van der Waals surface area contributed by atoms with Gasteiger partial charge in [0.05, 0.1) is 70.0 Å². The number of hydrogen-bond donors (Lipinski definition) is 4. The quantitative estimate of drug-likeness (QED) is 0.153. The van der Waals surface area contributed by atoms with Crippen LogP contribution in [0.1, 0.15) is 62.9 Å². The molecule has 3 heterocycles. The van der Waals surface area contributed by atoms with Crippen LogP contribution in [0.15, 0.2) is 54.6 Å². The van der Waals surface area contributed by atoms with Crippen molar-refractivity contribution in [3.05, 3.63) is 88.8 Å². The van der Waals surface area contributed by atoms with Gasteiger partial charge in [-0.25, -0.2) is 15.0 Å². The number of quaternary nitrogens is 4. The molecule has 26 heteroatoms. The summed E-state index contributed by atoms with van der Waals surface area (Å²) in [5, 5.41) is 61.1. The average Bonchev–Trinajstić information content (AvgIpc) is 3.02. The minimum atomic E-state index is -1.52. The van der Waals surface area contributed by atoms with Crippen molar-refractivity contribution in [1.82, 2.24) is 15.0 Å². The molecular formula is C25H41CdN7O18. The van der Waals surface area contributed by atoms with Crippen LogP contribution in [0.4, 0.5) is 0 Å². The molecule has 0 aliphatic rings. The van der Waals surface area contributed by atoms with E-state index in [2.05, 4.69) is 37.9 Å². The van der Waals surface area contributed by atoms with Crippen LogP contribution in [0.3, 0.4) is 0 Å². The smallest absolute Gasteiger partial charge is 0.543 e. The second-order valence-corrected chi connectivity index (χ2v) is 7.36. The van der Waals surface area contributed by atoms with Crippen molar-refractivity contribution in [1.29, 1.82) is 0 Å². The Morgan fingerprint density at radius 2 is 0.490 bits per heavy atom. The van der Waals surface area contributed by atoms with Crippen molar-refractivity contribution >= 4 is 35.8 Å². The van der Waals surface area contributed by atoms with Crippen LogP contribution in [0, 0.1) is 0 Å². The predicted molar refractivity (Wildman–Crippen MR) is 151 cm³/mol. The maximum absolute atomic E-state index is 10.2. The van der Waals surface area contributed by atoms with Gasteiger partial charge in [-0.15, -0.1) is 0 Å². The van der Waals surface area contributed by atoms with Crippen LogP contribution in [-0.4, -0.2) is 110 Å². The van der Waals surface area contributed by atoms with Crippen LogP contribution >= 0.6 is 0 Å². The molecule has 0 aromatic carbocycles. The summed E-state index contributed by atoms with van der Waals surface area (Å²) in [5.41, 5.74) is 11.6. The normalized spacial score (nSPS) is 7.76. The van der Waals surface area contributed by atoms with Gasteiger partial charge in [0.1, 0.15) is 26.2 Å². The first kappa shape index (κ1) is 67.9. The van der Waals surface area contributed by atoms with Crippen molar-refractivity contribution in [2.75, 3.05) is 26.2 Å². The van der Waals surface area contributed by atoms with Crippen molar-refractivity contribution in [3.63, 3.8) is 0 Å². The first-order chi connectivity index (χ1) is 20.7. The zero-order valence-electron chi connectivity index (χ0n) is 26.8. The van der Waals surface area contributed by atoms with E-state index < -0.39 is 70.0 Å². The molecule has 0 saturated heterocycles. The first-order valence-corrected chi connectivity index (χ1v) is 12.0. The Morgan fingerprint density at radius 3 is 0.569 bits per heavy atom. The summed E-state index contributed by atoms with van der Waals surface area (Å²) in [6.07, 6.45) is 0. The van der Waals surface area contributed by atoms with E-state index in [4.69, 9.17) is 0 Å². The Bertz CT molecular complexity index is 1160. The molecule has 0 unspecified atom stereocenters. The SMILES string of the molecule is O.O.O.O.O.O.O=C([O-])c1cccc(C(=O)[O-])n1.O=C([O-])c1cccc(C(=O)[O-])n1.O=C([O-])c1cccc(C(=O)[O-])n1.[Cd+2].[NH3+]CC[NH3+].[NH3+]CC[NH3+]. The molecule has 24 N–H and O–H groups in total. The number of carboxylic acids is 6. The van der Waals surface area contributed by atoms with E-state index in [1.54, 1.807) is 0 Å². The molecule has 51 heavy (non-hydrogen) atoms. The largest absolute Gasteiger partial charge is 2.00 e. The minimum Gasteiger partial charge on any atom is -0.543 e. The Kier molecular flexibility index (Phi) is 52.2. The van der Waals surface area contributed by atoms with E-state index in [9.17, 15) is 59.4 Å². The topological polar surface area (TPSA) is 579 Å². The maximum atomic E-state index is 10.2. The van der Waals surface area contributed by atoms with Crippen LogP contribution in [-0.2, 0) is 27.3 Å². The number of aromatic carboxylic acids is 6. The number of carbonyl (C=O) groups is 6. The van der Waals surface area contributed by atoms with Gasteiger partial charge in [-0.05, 0) is 36.4 Å². The summed E-state index contributed by atoms with van der Waals surface area (Å²) in [5.74, 6) is -9.09. The minimum absolute atomic E-state index is 0. The third kappa shape index (κ3) is 31.8. The number of carbonyl (C=O) groups excluding carboxylic acids is 6. The van der Waals surface area contributed by atoms with Gasteiger partial charge >= 0.3 is 27.3 Å². The van der Waals surface area contributed by atoms with Crippen LogP contribution in [0.25, 0.3) is 0 Å². The average molecular weight is 840 g/mol. The second kappa shape index (κ2) is 39.2. The fraction of sp³-hybridized carbons (Fsp3) is 0.160. The first-order valence-electron chi connectivity index (χ1n) is 12.0. The fourth-order valence-electron chi connectivity index (χ4n) is 1.99. The van der Waals surface area contributed by atoms with Crippen molar-refractivity contribution in [2.24, 2.45) is 0 Å². The van der Waals surface area contributed by atoms with Crippen molar-refractivity contribution in [2.45, 2.75) is 0 Å². The summed E-state index contributed by atoms with van der Waals surface area (Å²) < 4.78 is 0. The van der Waals surface area contributed by atoms with Gasteiger partial charge in [-0.2, -0.15) is 0 Å². The third-order valence-corrected chi connectivity index (χ3v) is 4.00. The van der Waals surface area contributed by atoms with Gasteiger partial charge < -0.3 is 115 Å². The van der Waals surface area contributed by atoms with Gasteiger partial charge in [0.15, 0.2) is 0 Å². The fourth-order valence-corrected chi connectivity index (χ4v) is 1.99. The van der Waals surface area contributed by atoms with Gasteiger partial charge in [-0.1, -0.05) is 18.2 Å². The number of aromatic nitrogens is 3. The molecule has 0 aliphatic heterocycles. The third-order valence-electron chi connectivity index (χ3n) is 4.00. The summed E-state index contributed by atoms with van der Waals surface area (Å²) in [6, 6.07) is 10.6. The molecule has 286 valence electrons. The molecule has 0 saturated carbocycles. The molecule has 0 bridgehead atoms. The second-order valence-electron chi connectivity index (χ2n) is 7.36. The molecule has 0 atom stereocenters. The monoisotopic (exact) mass is 841 g/mol. The Morgan fingerprint density at radius 1 is 0.373 bits per heavy atom. The number of nitrogens with zero attached hydrogens (tertiary/aromatic N) is 3. The van der Waals surface area contributed by atoms with Gasteiger partial charge in [-0.3, -0.25) is 0 Å². The van der Waals surface area contributed by atoms with Gasteiger partial charge in [0, 0.05) is 0 Å². The Hall–Kier alpha value is -5.21. The number of pyridine rings is 3. The molecule has 3 aromatic heterocycles. The van der Waals surface area contributed by atoms with Gasteiger partial charge in [0.2, 0.25) is 0 Å². The Labute approximate surface area is 307 Å². The summed E-state index contributed by atoms with van der Waals surface area (Å²) in [6.45, 7) is 3.83. The molecule has 0 amide bonds. The van der Waals surface area contributed by atoms with Crippen LogP contribution in [0.2, 0.25) is 0 Å². The summed E-state index contributed by atoms with van der Waals surface area (Å²) in [7, 11) is 0. The van der Waals surface area contributed by atoms with Crippen molar-refractivity contribution < 1.29 is 142 Å². The summed E-state index contributed by atoms with van der Waals surface area (Å²) in [4.78, 5) is 70.9. The molecule has 0 aliphatic carbocycles. The molecule has 0 fully saturated rings. The number of hydrogen-bond acceptors (Lipinski definition) is 15. The molecule has 25 nitrogen and oxygen atoms in total. The molecule has 3 aromatic rings. The van der Waals surface area contributed by atoms with E-state index in [0.29, 0.717) is 0 Å².